The number of hydrogen-bond acceptors (Lipinski definition) is 5. The molecule has 0 bridgehead atoms. The van der Waals surface area contributed by atoms with Crippen LogP contribution in [0.3, 0.4) is 0 Å². The smallest absolute Gasteiger partial charge is 0.255 e. The van der Waals surface area contributed by atoms with Crippen molar-refractivity contribution in [2.45, 2.75) is 46.8 Å². The van der Waals surface area contributed by atoms with Crippen LogP contribution in [0.1, 0.15) is 43.7 Å². The lowest BCUT2D eigenvalue weighted by molar-refractivity contribution is 0.0951. The first-order valence-corrected chi connectivity index (χ1v) is 9.78. The molecule has 0 aliphatic carbocycles. The molecule has 2 N–H and O–H groups in total. The van der Waals surface area contributed by atoms with Crippen LogP contribution < -0.4 is 10.6 Å². The monoisotopic (exact) mass is 400 g/mol. The van der Waals surface area contributed by atoms with Crippen molar-refractivity contribution < 1.29 is 4.79 Å². The Morgan fingerprint density at radius 1 is 1.18 bits per heavy atom. The zero-order valence-electron chi connectivity index (χ0n) is 16.5. The number of pyridine rings is 2. The third-order valence-electron chi connectivity index (χ3n) is 4.80. The van der Waals surface area contributed by atoms with E-state index in [0.29, 0.717) is 29.6 Å². The fourth-order valence-corrected chi connectivity index (χ4v) is 2.87. The predicted octanol–water partition coefficient (Wildman–Crippen LogP) is 3.89. The summed E-state index contributed by atoms with van der Waals surface area (Å²) in [5.74, 6) is 0.187. The lowest BCUT2D eigenvalue weighted by Crippen LogP contribution is -2.27. The van der Waals surface area contributed by atoms with Crippen LogP contribution in [0, 0.1) is 5.92 Å². The number of halogens is 1. The maximum Gasteiger partial charge on any atom is 0.255 e. The average molecular weight is 401 g/mol. The van der Waals surface area contributed by atoms with Crippen molar-refractivity contribution >= 4 is 34.2 Å². The summed E-state index contributed by atoms with van der Waals surface area (Å²) < 4.78 is 1.82. The molecule has 148 valence electrons. The summed E-state index contributed by atoms with van der Waals surface area (Å²) in [6.07, 6.45) is 4.93. The molecule has 0 aliphatic heterocycles. The summed E-state index contributed by atoms with van der Waals surface area (Å²) in [6.45, 7) is 9.40. The number of amides is 1. The second kappa shape index (κ2) is 8.56. The minimum absolute atomic E-state index is 0.181. The largest absolute Gasteiger partial charge is 0.381 e. The van der Waals surface area contributed by atoms with Crippen LogP contribution in [0.2, 0.25) is 5.02 Å². The third-order valence-corrected chi connectivity index (χ3v) is 5.02. The highest BCUT2D eigenvalue weighted by atomic mass is 35.5. The van der Waals surface area contributed by atoms with Crippen molar-refractivity contribution in [1.29, 1.82) is 0 Å². The van der Waals surface area contributed by atoms with Crippen LogP contribution in [0.25, 0.3) is 11.0 Å². The van der Waals surface area contributed by atoms with E-state index in [-0.39, 0.29) is 11.9 Å². The van der Waals surface area contributed by atoms with Gasteiger partial charge in [0.2, 0.25) is 0 Å². The zero-order valence-corrected chi connectivity index (χ0v) is 17.3. The highest BCUT2D eigenvalue weighted by Crippen LogP contribution is 2.27. The van der Waals surface area contributed by atoms with Gasteiger partial charge < -0.3 is 10.6 Å². The molecule has 8 heteroatoms. The molecule has 0 unspecified atom stereocenters. The van der Waals surface area contributed by atoms with Gasteiger partial charge in [-0.25, -0.2) is 9.67 Å². The Hall–Kier alpha value is -2.67. The first-order valence-electron chi connectivity index (χ1n) is 9.40. The number of nitrogens with zero attached hydrogens (tertiary/aromatic N) is 4. The number of aryl methyl sites for hydroxylation is 1. The van der Waals surface area contributed by atoms with Gasteiger partial charge >= 0.3 is 0 Å². The van der Waals surface area contributed by atoms with E-state index in [1.165, 1.54) is 0 Å². The predicted molar refractivity (Wildman–Crippen MR) is 112 cm³/mol. The molecule has 1 atom stereocenters. The Kier molecular flexibility index (Phi) is 6.14. The van der Waals surface area contributed by atoms with E-state index in [1.807, 2.05) is 11.6 Å². The lowest BCUT2D eigenvalue weighted by Gasteiger charge is -2.21. The SMILES string of the molecule is CCn1ncc2c(N[C@@H](C)C(C)C)c(C(=O)NCc3ccc(Cl)cn3)cnc21. The molecule has 1 amide bonds. The Morgan fingerprint density at radius 3 is 2.61 bits per heavy atom. The molecule has 0 aromatic carbocycles. The highest BCUT2D eigenvalue weighted by molar-refractivity contribution is 6.30. The number of carbonyl (C=O) groups is 1. The van der Waals surface area contributed by atoms with Crippen molar-refractivity contribution in [3.8, 4) is 0 Å². The standard InChI is InChI=1S/C20H25ClN6O/c1-5-27-19-16(11-25-27)18(26-13(4)12(2)3)17(10-23-19)20(28)24-9-15-7-6-14(21)8-22-15/h6-8,10-13H,5,9H2,1-4H3,(H,23,26)(H,24,28)/t13-/m0/s1. The van der Waals surface area contributed by atoms with E-state index < -0.39 is 0 Å². The van der Waals surface area contributed by atoms with Crippen LogP contribution in [0.15, 0.2) is 30.7 Å². The molecule has 3 aromatic heterocycles. The highest BCUT2D eigenvalue weighted by Gasteiger charge is 2.20. The maximum absolute atomic E-state index is 12.9. The molecular formula is C20H25ClN6O. The van der Waals surface area contributed by atoms with Crippen molar-refractivity contribution in [2.24, 2.45) is 5.92 Å². The maximum atomic E-state index is 12.9. The van der Waals surface area contributed by atoms with Gasteiger partial charge in [0.15, 0.2) is 5.65 Å². The molecule has 28 heavy (non-hydrogen) atoms. The molecule has 3 rings (SSSR count). The van der Waals surface area contributed by atoms with Gasteiger partial charge in [-0.1, -0.05) is 25.4 Å². The van der Waals surface area contributed by atoms with Crippen LogP contribution in [0.4, 0.5) is 5.69 Å². The number of anilines is 1. The van der Waals surface area contributed by atoms with Gasteiger partial charge in [0.1, 0.15) is 0 Å². The molecule has 3 heterocycles. The molecule has 3 aromatic rings. The van der Waals surface area contributed by atoms with Crippen LogP contribution in [-0.4, -0.2) is 31.7 Å². The fraction of sp³-hybridized carbons (Fsp3) is 0.400. The van der Waals surface area contributed by atoms with Gasteiger partial charge in [-0.2, -0.15) is 5.10 Å². The molecule has 0 saturated heterocycles. The van der Waals surface area contributed by atoms with Gasteiger partial charge in [-0.15, -0.1) is 0 Å². The van der Waals surface area contributed by atoms with Crippen LogP contribution in [0.5, 0.6) is 0 Å². The Bertz CT molecular complexity index is 967. The normalized spacial score (nSPS) is 12.4. The van der Waals surface area contributed by atoms with E-state index in [0.717, 1.165) is 22.4 Å². The first kappa shape index (κ1) is 20.1. The van der Waals surface area contributed by atoms with E-state index >= 15 is 0 Å². The van der Waals surface area contributed by atoms with E-state index in [9.17, 15) is 4.79 Å². The van der Waals surface area contributed by atoms with Gasteiger partial charge in [0.25, 0.3) is 5.91 Å². The van der Waals surface area contributed by atoms with Gasteiger partial charge in [-0.05, 0) is 31.9 Å². The number of hydrogen-bond donors (Lipinski definition) is 2. The molecule has 0 radical (unpaired) electrons. The Balaban J connectivity index is 1.91. The zero-order chi connectivity index (χ0) is 20.3. The Morgan fingerprint density at radius 2 is 1.96 bits per heavy atom. The summed E-state index contributed by atoms with van der Waals surface area (Å²) in [5, 5.41) is 12.2. The summed E-state index contributed by atoms with van der Waals surface area (Å²) in [5.41, 5.74) is 2.74. The van der Waals surface area contributed by atoms with E-state index in [2.05, 4.69) is 46.5 Å². The van der Waals surface area contributed by atoms with Gasteiger partial charge in [-0.3, -0.25) is 9.78 Å². The molecule has 0 saturated carbocycles. The number of nitrogens with one attached hydrogen (secondary N) is 2. The van der Waals surface area contributed by atoms with Crippen molar-refractivity contribution in [1.82, 2.24) is 25.1 Å². The van der Waals surface area contributed by atoms with E-state index in [4.69, 9.17) is 11.6 Å². The second-order valence-corrected chi connectivity index (χ2v) is 7.51. The molecule has 0 spiro atoms. The average Bonchev–Trinajstić information content (AvgIpc) is 3.11. The summed E-state index contributed by atoms with van der Waals surface area (Å²) >= 11 is 5.86. The minimum Gasteiger partial charge on any atom is -0.381 e. The first-order chi connectivity index (χ1) is 13.4. The van der Waals surface area contributed by atoms with Crippen molar-refractivity contribution in [3.63, 3.8) is 0 Å². The van der Waals surface area contributed by atoms with E-state index in [1.54, 1.807) is 30.7 Å². The van der Waals surface area contributed by atoms with Gasteiger partial charge in [0.05, 0.1) is 40.1 Å². The number of fused-ring (bicyclic) bond motifs is 1. The minimum atomic E-state index is -0.214. The third kappa shape index (κ3) is 4.25. The molecule has 7 nitrogen and oxygen atoms in total. The fourth-order valence-electron chi connectivity index (χ4n) is 2.76. The summed E-state index contributed by atoms with van der Waals surface area (Å²) in [4.78, 5) is 21.6. The summed E-state index contributed by atoms with van der Waals surface area (Å²) in [6, 6.07) is 3.72. The van der Waals surface area contributed by atoms with Crippen LogP contribution in [-0.2, 0) is 13.1 Å². The lowest BCUT2D eigenvalue weighted by atomic mass is 10.0. The summed E-state index contributed by atoms with van der Waals surface area (Å²) in [7, 11) is 0. The number of rotatable bonds is 7. The topological polar surface area (TPSA) is 84.7 Å². The number of aromatic nitrogens is 4. The van der Waals surface area contributed by atoms with Crippen LogP contribution >= 0.6 is 11.6 Å². The van der Waals surface area contributed by atoms with Crippen molar-refractivity contribution in [3.05, 3.63) is 47.0 Å². The molecule has 0 fully saturated rings. The number of carbonyl (C=O) groups excluding carboxylic acids is 1. The molecular weight excluding hydrogens is 376 g/mol. The van der Waals surface area contributed by atoms with Gasteiger partial charge in [0, 0.05) is 25.0 Å². The van der Waals surface area contributed by atoms with Crippen molar-refractivity contribution in [2.75, 3.05) is 5.32 Å². The Labute approximate surface area is 169 Å². The quantitative estimate of drug-likeness (QED) is 0.628. The second-order valence-electron chi connectivity index (χ2n) is 7.07. The molecule has 0 aliphatic rings.